The van der Waals surface area contributed by atoms with Crippen molar-refractivity contribution in [3.63, 3.8) is 0 Å². The summed E-state index contributed by atoms with van der Waals surface area (Å²) >= 11 is 0. The summed E-state index contributed by atoms with van der Waals surface area (Å²) < 4.78 is 0. The number of benzene rings is 7. The van der Waals surface area contributed by atoms with Gasteiger partial charge in [-0.2, -0.15) is 0 Å². The molecule has 272 valence electrons. The molecule has 0 saturated heterocycles. The maximum atomic E-state index is 2.57. The molecule has 55 heavy (non-hydrogen) atoms. The van der Waals surface area contributed by atoms with Crippen LogP contribution in [0.3, 0.4) is 0 Å². The molecular weight excluding hydrogens is 663 g/mol. The summed E-state index contributed by atoms with van der Waals surface area (Å²) in [7, 11) is 0. The molecule has 4 aliphatic rings. The Morgan fingerprint density at radius 1 is 0.527 bits per heavy atom. The summed E-state index contributed by atoms with van der Waals surface area (Å²) in [5, 5.41) is 5.40. The molecular formula is C54H51N. The van der Waals surface area contributed by atoms with Gasteiger partial charge in [-0.15, -0.1) is 0 Å². The first-order chi connectivity index (χ1) is 27.0. The molecule has 3 saturated carbocycles. The fourth-order valence-corrected chi connectivity index (χ4v) is 11.7. The second-order valence-corrected chi connectivity index (χ2v) is 17.9. The van der Waals surface area contributed by atoms with Crippen molar-refractivity contribution in [3.8, 4) is 22.3 Å². The van der Waals surface area contributed by atoms with E-state index in [1.807, 2.05) is 0 Å². The SMILES string of the molecule is CC1(C)c2ccc(-c3cccc4ccccc34)cc2-c2ccc(N(c3ccc(C4CCCCC4)cc3)c3ccc(C4CC5CCC4C5)c4ccccc34)cc21. The van der Waals surface area contributed by atoms with Crippen molar-refractivity contribution in [1.29, 1.82) is 0 Å². The number of rotatable bonds is 6. The van der Waals surface area contributed by atoms with Crippen molar-refractivity contribution in [2.24, 2.45) is 11.8 Å². The fourth-order valence-electron chi connectivity index (χ4n) is 11.7. The minimum atomic E-state index is -0.123. The van der Waals surface area contributed by atoms with Gasteiger partial charge >= 0.3 is 0 Å². The van der Waals surface area contributed by atoms with Crippen LogP contribution in [0.1, 0.15) is 106 Å². The van der Waals surface area contributed by atoms with Crippen LogP contribution in [-0.2, 0) is 5.41 Å². The minimum absolute atomic E-state index is 0.123. The zero-order valence-electron chi connectivity index (χ0n) is 32.4. The van der Waals surface area contributed by atoms with Gasteiger partial charge in [-0.05, 0) is 153 Å². The Balaban J connectivity index is 1.05. The number of hydrogen-bond acceptors (Lipinski definition) is 1. The van der Waals surface area contributed by atoms with Crippen LogP contribution >= 0.6 is 0 Å². The van der Waals surface area contributed by atoms with Gasteiger partial charge in [0.15, 0.2) is 0 Å². The lowest BCUT2D eigenvalue weighted by atomic mass is 9.81. The van der Waals surface area contributed by atoms with Crippen LogP contribution in [0.25, 0.3) is 43.8 Å². The second-order valence-electron chi connectivity index (χ2n) is 17.9. The van der Waals surface area contributed by atoms with Crippen molar-refractivity contribution in [2.75, 3.05) is 4.90 Å². The first kappa shape index (κ1) is 33.2. The number of nitrogens with zero attached hydrogens (tertiary/aromatic N) is 1. The van der Waals surface area contributed by atoms with E-state index < -0.39 is 0 Å². The average Bonchev–Trinajstić information content (AvgIpc) is 3.94. The molecule has 0 radical (unpaired) electrons. The highest BCUT2D eigenvalue weighted by Crippen LogP contribution is 2.56. The van der Waals surface area contributed by atoms with Gasteiger partial charge < -0.3 is 4.90 Å². The van der Waals surface area contributed by atoms with Gasteiger partial charge in [0, 0.05) is 22.2 Å². The third kappa shape index (κ3) is 5.41. The van der Waals surface area contributed by atoms with E-state index in [-0.39, 0.29) is 5.41 Å². The Morgan fingerprint density at radius 2 is 1.29 bits per heavy atom. The molecule has 4 aliphatic carbocycles. The highest BCUT2D eigenvalue weighted by atomic mass is 15.1. The molecule has 0 spiro atoms. The maximum Gasteiger partial charge on any atom is 0.0540 e. The summed E-state index contributed by atoms with van der Waals surface area (Å²) in [5.41, 5.74) is 14.8. The van der Waals surface area contributed by atoms with Gasteiger partial charge in [-0.3, -0.25) is 0 Å². The lowest BCUT2D eigenvalue weighted by Crippen LogP contribution is -2.17. The molecule has 0 N–H and O–H groups in total. The van der Waals surface area contributed by atoms with Gasteiger partial charge in [0.2, 0.25) is 0 Å². The van der Waals surface area contributed by atoms with Gasteiger partial charge in [0.25, 0.3) is 0 Å². The third-order valence-corrected chi connectivity index (χ3v) is 14.6. The topological polar surface area (TPSA) is 3.24 Å². The van der Waals surface area contributed by atoms with E-state index in [1.165, 1.54) is 135 Å². The highest BCUT2D eigenvalue weighted by molar-refractivity contribution is 6.02. The summed E-state index contributed by atoms with van der Waals surface area (Å²) in [6, 6.07) is 53.9. The number of anilines is 3. The van der Waals surface area contributed by atoms with Crippen LogP contribution in [0.4, 0.5) is 17.1 Å². The number of fused-ring (bicyclic) bond motifs is 7. The van der Waals surface area contributed by atoms with Crippen LogP contribution in [-0.4, -0.2) is 0 Å². The molecule has 2 bridgehead atoms. The summed E-state index contributed by atoms with van der Waals surface area (Å²) in [6.07, 6.45) is 12.4. The fraction of sp³-hybridized carbons (Fsp3) is 0.296. The Labute approximate surface area is 327 Å². The van der Waals surface area contributed by atoms with E-state index in [1.54, 1.807) is 5.56 Å². The Kier molecular flexibility index (Phi) is 7.84. The van der Waals surface area contributed by atoms with Crippen LogP contribution in [0.2, 0.25) is 0 Å². The maximum absolute atomic E-state index is 2.57. The van der Waals surface area contributed by atoms with E-state index in [2.05, 4.69) is 158 Å². The van der Waals surface area contributed by atoms with Crippen LogP contribution in [0.15, 0.2) is 140 Å². The van der Waals surface area contributed by atoms with E-state index in [0.29, 0.717) is 11.8 Å². The molecule has 0 heterocycles. The molecule has 0 aromatic heterocycles. The molecule has 11 rings (SSSR count). The molecule has 0 amide bonds. The predicted molar refractivity (Wildman–Crippen MR) is 233 cm³/mol. The van der Waals surface area contributed by atoms with E-state index in [9.17, 15) is 0 Å². The average molecular weight is 714 g/mol. The number of hydrogen-bond donors (Lipinski definition) is 0. The second kappa shape index (κ2) is 13.0. The summed E-state index contributed by atoms with van der Waals surface area (Å²) in [5.74, 6) is 3.16. The lowest BCUT2D eigenvalue weighted by molar-refractivity contribution is 0.422. The van der Waals surface area contributed by atoms with E-state index in [0.717, 1.165) is 11.8 Å². The van der Waals surface area contributed by atoms with Crippen molar-refractivity contribution in [1.82, 2.24) is 0 Å². The van der Waals surface area contributed by atoms with Crippen molar-refractivity contribution < 1.29 is 0 Å². The van der Waals surface area contributed by atoms with E-state index in [4.69, 9.17) is 0 Å². The first-order valence-electron chi connectivity index (χ1n) is 21.2. The molecule has 3 atom stereocenters. The van der Waals surface area contributed by atoms with E-state index >= 15 is 0 Å². The normalized spacial score (nSPS) is 21.2. The summed E-state index contributed by atoms with van der Waals surface area (Å²) in [4.78, 5) is 2.57. The largest absolute Gasteiger partial charge is 0.310 e. The molecule has 0 aliphatic heterocycles. The van der Waals surface area contributed by atoms with Gasteiger partial charge in [-0.25, -0.2) is 0 Å². The highest BCUT2D eigenvalue weighted by Gasteiger charge is 2.41. The molecule has 7 aromatic rings. The lowest BCUT2D eigenvalue weighted by Gasteiger charge is -2.31. The van der Waals surface area contributed by atoms with Crippen LogP contribution in [0, 0.1) is 11.8 Å². The van der Waals surface area contributed by atoms with Crippen molar-refractivity contribution in [2.45, 2.75) is 88.9 Å². The molecule has 1 nitrogen and oxygen atoms in total. The Morgan fingerprint density at radius 3 is 2.09 bits per heavy atom. The Bertz CT molecular complexity index is 2580. The van der Waals surface area contributed by atoms with Crippen LogP contribution in [0.5, 0.6) is 0 Å². The standard InChI is InChI=1S/C54H51N/c1-54(2)51-29-23-40(44-18-10-14-38-13-6-7-15-43(38)44)33-50(51)47-27-26-42(34-52(47)54)55(41-24-21-37(22-25-41)36-11-4-3-5-12-36)53-30-28-46(45-16-8-9-17-48(45)53)49-32-35-19-20-39(49)31-35/h6-10,13-18,21-30,33-36,39,49H,3-5,11-12,19-20,31-32H2,1-2H3. The molecule has 1 heteroatoms. The third-order valence-electron chi connectivity index (χ3n) is 14.6. The molecule has 3 fully saturated rings. The van der Waals surface area contributed by atoms with Crippen LogP contribution < -0.4 is 4.90 Å². The van der Waals surface area contributed by atoms with Crippen molar-refractivity contribution >= 4 is 38.6 Å². The zero-order valence-corrected chi connectivity index (χ0v) is 32.4. The Hall–Kier alpha value is -5.14. The summed E-state index contributed by atoms with van der Waals surface area (Å²) in [6.45, 7) is 4.84. The monoisotopic (exact) mass is 713 g/mol. The zero-order chi connectivity index (χ0) is 36.7. The predicted octanol–water partition coefficient (Wildman–Crippen LogP) is 15.4. The smallest absolute Gasteiger partial charge is 0.0540 e. The van der Waals surface area contributed by atoms with Gasteiger partial charge in [0.1, 0.15) is 0 Å². The first-order valence-corrected chi connectivity index (χ1v) is 21.2. The van der Waals surface area contributed by atoms with Gasteiger partial charge in [-0.1, -0.05) is 143 Å². The molecule has 7 aromatic carbocycles. The quantitative estimate of drug-likeness (QED) is 0.166. The molecule has 3 unspecified atom stereocenters. The minimum Gasteiger partial charge on any atom is -0.310 e. The van der Waals surface area contributed by atoms with Gasteiger partial charge in [0.05, 0.1) is 5.69 Å². The van der Waals surface area contributed by atoms with Crippen molar-refractivity contribution in [3.05, 3.63) is 162 Å².